The molecule has 1 aromatic carbocycles. The van der Waals surface area contributed by atoms with Crippen LogP contribution in [0.5, 0.6) is 0 Å². The Morgan fingerprint density at radius 2 is 2.03 bits per heavy atom. The van der Waals surface area contributed by atoms with Crippen LogP contribution in [0.1, 0.15) is 24.0 Å². The Labute approximate surface area is 180 Å². The van der Waals surface area contributed by atoms with E-state index in [9.17, 15) is 8.42 Å². The summed E-state index contributed by atoms with van der Waals surface area (Å²) in [7, 11) is -3.53. The van der Waals surface area contributed by atoms with Crippen molar-refractivity contribution in [2.24, 2.45) is 5.92 Å². The molecule has 0 spiro atoms. The first-order valence-corrected chi connectivity index (χ1v) is 12.8. The molecule has 0 bridgehead atoms. The average Bonchev–Trinajstić information content (AvgIpc) is 3.47. The van der Waals surface area contributed by atoms with Gasteiger partial charge in [0.25, 0.3) is 0 Å². The van der Waals surface area contributed by atoms with Crippen LogP contribution in [0.2, 0.25) is 0 Å². The number of hydrogen-bond acceptors (Lipinski definition) is 7. The summed E-state index contributed by atoms with van der Waals surface area (Å²) in [5.74, 6) is 0.675. The summed E-state index contributed by atoms with van der Waals surface area (Å²) in [6.07, 6.45) is 4.39. The van der Waals surface area contributed by atoms with Crippen LogP contribution in [0, 0.1) is 5.92 Å². The van der Waals surface area contributed by atoms with E-state index in [1.807, 2.05) is 12.1 Å². The molecule has 6 nitrogen and oxygen atoms in total. The molecular weight excluding hydrogens is 418 g/mol. The van der Waals surface area contributed by atoms with Crippen LogP contribution in [0.3, 0.4) is 0 Å². The van der Waals surface area contributed by atoms with Crippen molar-refractivity contribution >= 4 is 21.2 Å². The molecule has 30 heavy (non-hydrogen) atoms. The lowest BCUT2D eigenvalue weighted by Gasteiger charge is -2.40. The number of piperidine rings is 1. The van der Waals surface area contributed by atoms with Crippen molar-refractivity contribution < 1.29 is 12.9 Å². The van der Waals surface area contributed by atoms with Gasteiger partial charge in [-0.1, -0.05) is 29.4 Å². The lowest BCUT2D eigenvalue weighted by molar-refractivity contribution is 0.162. The molecule has 2 aromatic heterocycles. The molecule has 158 valence electrons. The molecule has 2 aliphatic rings. The van der Waals surface area contributed by atoms with Gasteiger partial charge in [-0.15, -0.1) is 11.3 Å². The van der Waals surface area contributed by atoms with E-state index in [4.69, 9.17) is 4.52 Å². The summed E-state index contributed by atoms with van der Waals surface area (Å²) < 4.78 is 33.5. The second-order valence-electron chi connectivity index (χ2n) is 8.03. The molecule has 0 saturated carbocycles. The zero-order valence-corrected chi connectivity index (χ0v) is 18.3. The van der Waals surface area contributed by atoms with Gasteiger partial charge in [0.1, 0.15) is 9.58 Å². The van der Waals surface area contributed by atoms with Gasteiger partial charge in [-0.3, -0.25) is 4.90 Å². The first-order valence-electron chi connectivity index (χ1n) is 10.4. The third-order valence-electron chi connectivity index (χ3n) is 6.12. The monoisotopic (exact) mass is 443 g/mol. The Balaban J connectivity index is 1.50. The molecule has 1 N–H and O–H groups in total. The summed E-state index contributed by atoms with van der Waals surface area (Å²) in [5, 5.41) is 6.62. The molecule has 4 heterocycles. The minimum absolute atomic E-state index is 0.0739. The highest BCUT2D eigenvalue weighted by Crippen LogP contribution is 2.37. The van der Waals surface area contributed by atoms with E-state index >= 15 is 0 Å². The Morgan fingerprint density at radius 3 is 2.80 bits per heavy atom. The van der Waals surface area contributed by atoms with Crippen molar-refractivity contribution in [2.75, 3.05) is 19.6 Å². The second-order valence-corrected chi connectivity index (χ2v) is 11.4. The quantitative estimate of drug-likeness (QED) is 0.650. The fraction of sp³-hybridized carbons (Fsp3) is 0.409. The Bertz CT molecular complexity index is 1100. The maximum absolute atomic E-state index is 13.9. The lowest BCUT2D eigenvalue weighted by Crippen LogP contribution is -2.51. The summed E-state index contributed by atoms with van der Waals surface area (Å²) in [4.78, 5) is 2.97. The second kappa shape index (κ2) is 8.26. The van der Waals surface area contributed by atoms with Crippen molar-refractivity contribution in [1.29, 1.82) is 0 Å². The summed E-state index contributed by atoms with van der Waals surface area (Å²) in [6.45, 7) is 3.14. The highest BCUT2D eigenvalue weighted by Gasteiger charge is 2.41. The van der Waals surface area contributed by atoms with Crippen molar-refractivity contribution in [3.05, 3.63) is 59.8 Å². The number of sulfone groups is 1. The number of nitrogens with zero attached hydrogens (tertiary/aromatic N) is 2. The molecule has 2 aliphatic heterocycles. The number of fused-ring (bicyclic) bond motifs is 1. The number of benzene rings is 1. The molecule has 5 rings (SSSR count). The van der Waals surface area contributed by atoms with Gasteiger partial charge >= 0.3 is 0 Å². The molecule has 1 saturated heterocycles. The minimum Gasteiger partial charge on any atom is -0.355 e. The van der Waals surface area contributed by atoms with Crippen LogP contribution < -0.4 is 5.32 Å². The van der Waals surface area contributed by atoms with E-state index < -0.39 is 15.2 Å². The SMILES string of the molecule is O=S(=O)(c1ccc(-c2ccno2)s1)C(C1CCCNC1)N1CCc2ccccc2C1. The van der Waals surface area contributed by atoms with Gasteiger partial charge in [0.2, 0.25) is 9.84 Å². The smallest absolute Gasteiger partial charge is 0.204 e. The number of aromatic nitrogens is 1. The average molecular weight is 444 g/mol. The van der Waals surface area contributed by atoms with Gasteiger partial charge in [0, 0.05) is 31.6 Å². The molecule has 0 amide bonds. The Hall–Kier alpha value is -2.00. The zero-order valence-electron chi connectivity index (χ0n) is 16.7. The fourth-order valence-corrected chi connectivity index (χ4v) is 8.20. The fourth-order valence-electron chi connectivity index (χ4n) is 4.67. The van der Waals surface area contributed by atoms with Crippen LogP contribution in [0.25, 0.3) is 10.6 Å². The van der Waals surface area contributed by atoms with Crippen LogP contribution in [-0.2, 0) is 22.8 Å². The van der Waals surface area contributed by atoms with E-state index in [0.717, 1.165) is 43.8 Å². The van der Waals surface area contributed by atoms with Gasteiger partial charge in [-0.2, -0.15) is 0 Å². The number of nitrogens with one attached hydrogen (secondary N) is 1. The number of rotatable bonds is 5. The molecular formula is C22H25N3O3S2. The van der Waals surface area contributed by atoms with Gasteiger partial charge in [0.05, 0.1) is 11.1 Å². The number of thiophene rings is 1. The predicted octanol–water partition coefficient (Wildman–Crippen LogP) is 3.56. The summed E-state index contributed by atoms with van der Waals surface area (Å²) >= 11 is 1.27. The third-order valence-corrected chi connectivity index (χ3v) is 9.98. The van der Waals surface area contributed by atoms with E-state index in [-0.39, 0.29) is 5.92 Å². The standard InChI is InChI=1S/C22H25N3O3S2/c26-30(27,21-8-7-20(29-21)19-9-12-24-28-19)22(17-6-3-11-23-14-17)25-13-10-16-4-1-2-5-18(16)15-25/h1-2,4-5,7-9,12,17,22-23H,3,6,10-11,13-15H2. The molecule has 1 fully saturated rings. The molecule has 2 atom stereocenters. The molecule has 8 heteroatoms. The highest BCUT2D eigenvalue weighted by molar-refractivity contribution is 7.94. The van der Waals surface area contributed by atoms with Crippen LogP contribution in [-0.4, -0.2) is 43.5 Å². The van der Waals surface area contributed by atoms with Crippen molar-refractivity contribution in [2.45, 2.75) is 35.4 Å². The van der Waals surface area contributed by atoms with Gasteiger partial charge in [-0.05, 0) is 49.1 Å². The lowest BCUT2D eigenvalue weighted by atomic mass is 9.95. The third kappa shape index (κ3) is 3.73. The molecule has 0 radical (unpaired) electrons. The van der Waals surface area contributed by atoms with Gasteiger partial charge in [0.15, 0.2) is 5.76 Å². The van der Waals surface area contributed by atoms with E-state index in [2.05, 4.69) is 33.6 Å². The number of hydrogen-bond donors (Lipinski definition) is 1. The predicted molar refractivity (Wildman–Crippen MR) is 117 cm³/mol. The maximum atomic E-state index is 13.9. The normalized spacial score (nSPS) is 21.3. The van der Waals surface area contributed by atoms with Gasteiger partial charge in [-0.25, -0.2) is 8.42 Å². The Morgan fingerprint density at radius 1 is 1.17 bits per heavy atom. The first-order chi connectivity index (χ1) is 14.6. The summed E-state index contributed by atoms with van der Waals surface area (Å²) in [5.41, 5.74) is 2.57. The van der Waals surface area contributed by atoms with E-state index in [1.165, 1.54) is 22.5 Å². The van der Waals surface area contributed by atoms with Crippen LogP contribution in [0.4, 0.5) is 0 Å². The van der Waals surface area contributed by atoms with Crippen molar-refractivity contribution in [1.82, 2.24) is 15.4 Å². The van der Waals surface area contributed by atoms with Crippen LogP contribution in [0.15, 0.2) is 57.4 Å². The first kappa shape index (κ1) is 19.9. The largest absolute Gasteiger partial charge is 0.355 e. The summed E-state index contributed by atoms with van der Waals surface area (Å²) in [6, 6.07) is 13.7. The van der Waals surface area contributed by atoms with Gasteiger partial charge < -0.3 is 9.84 Å². The highest BCUT2D eigenvalue weighted by atomic mass is 32.2. The van der Waals surface area contributed by atoms with E-state index in [1.54, 1.807) is 18.3 Å². The minimum atomic E-state index is -3.53. The van der Waals surface area contributed by atoms with Crippen molar-refractivity contribution in [3.63, 3.8) is 0 Å². The van der Waals surface area contributed by atoms with Crippen LogP contribution >= 0.6 is 11.3 Å². The zero-order chi connectivity index (χ0) is 20.6. The molecule has 0 aliphatic carbocycles. The van der Waals surface area contributed by atoms with Crippen molar-refractivity contribution in [3.8, 4) is 10.6 Å². The molecule has 3 aromatic rings. The Kier molecular flexibility index (Phi) is 5.49. The molecule has 2 unspecified atom stereocenters. The topological polar surface area (TPSA) is 75.4 Å². The maximum Gasteiger partial charge on any atom is 0.204 e. The van der Waals surface area contributed by atoms with E-state index in [0.29, 0.717) is 16.5 Å².